The van der Waals surface area contributed by atoms with Crippen molar-refractivity contribution < 1.29 is 8.42 Å². The van der Waals surface area contributed by atoms with Gasteiger partial charge in [-0.2, -0.15) is 0 Å². The molecule has 0 radical (unpaired) electrons. The van der Waals surface area contributed by atoms with Crippen molar-refractivity contribution in [1.82, 2.24) is 0 Å². The van der Waals surface area contributed by atoms with Gasteiger partial charge in [-0.1, -0.05) is 5.11 Å². The van der Waals surface area contributed by atoms with E-state index in [4.69, 9.17) is 5.53 Å². The lowest BCUT2D eigenvalue weighted by atomic mass is 10.8. The van der Waals surface area contributed by atoms with Crippen molar-refractivity contribution in [1.29, 1.82) is 0 Å². The van der Waals surface area contributed by atoms with Crippen LogP contribution in [0.4, 0.5) is 0 Å². The lowest BCUT2D eigenvalue weighted by Crippen LogP contribution is -2.04. The molecule has 0 N–H and O–H groups in total. The van der Waals surface area contributed by atoms with Gasteiger partial charge >= 0.3 is 0 Å². The van der Waals surface area contributed by atoms with Gasteiger partial charge in [0.05, 0.1) is 5.75 Å². The quantitative estimate of drug-likeness (QED) is 0.329. The predicted octanol–water partition coefficient (Wildman–Crippen LogP) is 0.341. The van der Waals surface area contributed by atoms with Gasteiger partial charge in [0.15, 0.2) is 0 Å². The van der Waals surface area contributed by atoms with Gasteiger partial charge in [0.1, 0.15) is 9.84 Å². The van der Waals surface area contributed by atoms with Crippen molar-refractivity contribution in [2.75, 3.05) is 18.6 Å². The Morgan fingerprint density at radius 1 is 1.67 bits per heavy atom. The van der Waals surface area contributed by atoms with E-state index in [0.717, 1.165) is 6.26 Å². The highest BCUT2D eigenvalue weighted by Gasteiger charge is 1.97. The second kappa shape index (κ2) is 3.32. The highest BCUT2D eigenvalue weighted by molar-refractivity contribution is 7.90. The fraction of sp³-hybridized carbons (Fsp3) is 1.00. The van der Waals surface area contributed by atoms with Gasteiger partial charge in [0.25, 0.3) is 0 Å². The second-order valence-corrected chi connectivity index (χ2v) is 3.84. The molecule has 0 spiro atoms. The van der Waals surface area contributed by atoms with Crippen LogP contribution < -0.4 is 0 Å². The van der Waals surface area contributed by atoms with Crippen LogP contribution >= 0.6 is 0 Å². The van der Waals surface area contributed by atoms with Gasteiger partial charge < -0.3 is 0 Å². The molecule has 0 aromatic heterocycles. The van der Waals surface area contributed by atoms with Gasteiger partial charge in [-0.15, -0.1) is 0 Å². The first kappa shape index (κ1) is 8.26. The minimum atomic E-state index is -2.96. The SMILES string of the molecule is CS(=O)(=O)CCN=[N+]=[N-]. The summed E-state index contributed by atoms with van der Waals surface area (Å²) >= 11 is 0. The Kier molecular flexibility index (Phi) is 3.05. The van der Waals surface area contributed by atoms with Crippen molar-refractivity contribution in [3.05, 3.63) is 10.4 Å². The van der Waals surface area contributed by atoms with E-state index in [1.54, 1.807) is 0 Å². The summed E-state index contributed by atoms with van der Waals surface area (Å²) in [6.07, 6.45) is 1.10. The summed E-state index contributed by atoms with van der Waals surface area (Å²) in [5, 5.41) is 3.06. The van der Waals surface area contributed by atoms with Crippen LogP contribution in [0.3, 0.4) is 0 Å². The van der Waals surface area contributed by atoms with Crippen molar-refractivity contribution in [3.8, 4) is 0 Å². The Hall–Kier alpha value is -0.740. The molecule has 0 aromatic rings. The average molecular weight is 149 g/mol. The first-order chi connectivity index (χ1) is 4.06. The summed E-state index contributed by atoms with van der Waals surface area (Å²) in [6.45, 7) is 0.0231. The van der Waals surface area contributed by atoms with Gasteiger partial charge in [0.2, 0.25) is 0 Å². The molecule has 0 saturated heterocycles. The summed E-state index contributed by atoms with van der Waals surface area (Å²) in [5.74, 6) is -0.0724. The number of azide groups is 1. The molecule has 5 nitrogen and oxygen atoms in total. The normalized spacial score (nSPS) is 10.3. The molecule has 0 saturated carbocycles. The first-order valence-electron chi connectivity index (χ1n) is 2.25. The van der Waals surface area contributed by atoms with Crippen LogP contribution in [0.2, 0.25) is 0 Å². The van der Waals surface area contributed by atoms with E-state index in [-0.39, 0.29) is 12.3 Å². The van der Waals surface area contributed by atoms with E-state index in [9.17, 15) is 8.42 Å². The Labute approximate surface area is 53.2 Å². The second-order valence-electron chi connectivity index (χ2n) is 1.58. The zero-order chi connectivity index (χ0) is 7.33. The third-order valence-corrected chi connectivity index (χ3v) is 1.55. The highest BCUT2D eigenvalue weighted by Crippen LogP contribution is 1.82. The zero-order valence-corrected chi connectivity index (χ0v) is 5.80. The maximum absolute atomic E-state index is 10.3. The smallest absolute Gasteiger partial charge is 0.147 e. The standard InChI is InChI=1S/C3H7N3O2S/c1-9(7,8)3-2-5-6-4/h2-3H2,1H3. The maximum atomic E-state index is 10.3. The zero-order valence-electron chi connectivity index (χ0n) is 4.98. The van der Waals surface area contributed by atoms with Crippen LogP contribution in [-0.4, -0.2) is 27.0 Å². The number of sulfone groups is 1. The molecule has 52 valence electrons. The Balaban J connectivity index is 3.66. The van der Waals surface area contributed by atoms with Gasteiger partial charge in [-0.05, 0) is 5.53 Å². The molecule has 0 amide bonds. The summed E-state index contributed by atoms with van der Waals surface area (Å²) in [4.78, 5) is 2.40. The summed E-state index contributed by atoms with van der Waals surface area (Å²) in [6, 6.07) is 0. The van der Waals surface area contributed by atoms with Crippen molar-refractivity contribution >= 4 is 9.84 Å². The van der Waals surface area contributed by atoms with E-state index in [0.29, 0.717) is 0 Å². The molecule has 0 aromatic carbocycles. The minimum absolute atomic E-state index is 0.0231. The number of hydrogen-bond donors (Lipinski definition) is 0. The molecule has 0 aliphatic rings. The topological polar surface area (TPSA) is 82.9 Å². The molecule has 9 heavy (non-hydrogen) atoms. The van der Waals surface area contributed by atoms with Crippen LogP contribution in [0.25, 0.3) is 10.4 Å². The third-order valence-electron chi connectivity index (χ3n) is 0.625. The Morgan fingerprint density at radius 3 is 2.56 bits per heavy atom. The maximum Gasteiger partial charge on any atom is 0.147 e. The molecular formula is C3H7N3O2S. The van der Waals surface area contributed by atoms with Crippen LogP contribution in [0, 0.1) is 0 Å². The van der Waals surface area contributed by atoms with Crippen LogP contribution in [0.15, 0.2) is 5.11 Å². The Bertz CT molecular complexity index is 213. The lowest BCUT2D eigenvalue weighted by molar-refractivity contribution is 0.601. The highest BCUT2D eigenvalue weighted by atomic mass is 32.2. The number of rotatable bonds is 3. The van der Waals surface area contributed by atoms with Crippen molar-refractivity contribution in [2.45, 2.75) is 0 Å². The Morgan fingerprint density at radius 2 is 2.22 bits per heavy atom. The monoisotopic (exact) mass is 149 g/mol. The van der Waals surface area contributed by atoms with E-state index in [1.807, 2.05) is 0 Å². The molecule has 0 aliphatic carbocycles. The molecule has 0 atom stereocenters. The first-order valence-corrected chi connectivity index (χ1v) is 4.31. The molecule has 0 fully saturated rings. The fourth-order valence-corrected chi connectivity index (χ4v) is 0.665. The summed E-state index contributed by atoms with van der Waals surface area (Å²) in [5.41, 5.74) is 7.73. The fourth-order valence-electron chi connectivity index (χ4n) is 0.251. The van der Waals surface area contributed by atoms with Crippen LogP contribution in [0.5, 0.6) is 0 Å². The largest absolute Gasteiger partial charge is 0.229 e. The van der Waals surface area contributed by atoms with Gasteiger partial charge in [-0.3, -0.25) is 0 Å². The average Bonchev–Trinajstić information content (AvgIpc) is 1.63. The number of nitrogens with zero attached hydrogens (tertiary/aromatic N) is 3. The molecule has 0 rings (SSSR count). The molecular weight excluding hydrogens is 142 g/mol. The van der Waals surface area contributed by atoms with E-state index in [1.165, 1.54) is 0 Å². The third kappa shape index (κ3) is 7.26. The van der Waals surface area contributed by atoms with E-state index >= 15 is 0 Å². The van der Waals surface area contributed by atoms with Crippen LogP contribution in [-0.2, 0) is 9.84 Å². The predicted molar refractivity (Wildman–Crippen MR) is 33.7 cm³/mol. The van der Waals surface area contributed by atoms with Crippen LogP contribution in [0.1, 0.15) is 0 Å². The van der Waals surface area contributed by atoms with Gasteiger partial charge in [0, 0.05) is 17.7 Å². The minimum Gasteiger partial charge on any atom is -0.229 e. The number of hydrogen-bond acceptors (Lipinski definition) is 3. The van der Waals surface area contributed by atoms with Crippen molar-refractivity contribution in [3.63, 3.8) is 0 Å². The molecule has 0 heterocycles. The molecule has 6 heteroatoms. The van der Waals surface area contributed by atoms with Gasteiger partial charge in [-0.25, -0.2) is 8.42 Å². The summed E-state index contributed by atoms with van der Waals surface area (Å²) < 4.78 is 20.6. The molecule has 0 bridgehead atoms. The van der Waals surface area contributed by atoms with E-state index < -0.39 is 9.84 Å². The van der Waals surface area contributed by atoms with Crippen molar-refractivity contribution in [2.24, 2.45) is 5.11 Å². The lowest BCUT2D eigenvalue weighted by Gasteiger charge is -1.87. The summed E-state index contributed by atoms with van der Waals surface area (Å²) in [7, 11) is -2.96. The molecule has 0 unspecified atom stereocenters. The van der Waals surface area contributed by atoms with E-state index in [2.05, 4.69) is 10.0 Å². The molecule has 0 aliphatic heterocycles.